The second-order valence-electron chi connectivity index (χ2n) is 4.95. The van der Waals surface area contributed by atoms with Crippen LogP contribution in [0, 0.1) is 0 Å². The Morgan fingerprint density at radius 1 is 1.39 bits per heavy atom. The van der Waals surface area contributed by atoms with Gasteiger partial charge in [-0.05, 0) is 23.6 Å². The number of ether oxygens (including phenoxy) is 1. The normalized spacial score (nSPS) is 20.2. The molecule has 1 aromatic carbocycles. The third-order valence-corrected chi connectivity index (χ3v) is 3.31. The van der Waals surface area contributed by atoms with Crippen molar-refractivity contribution in [3.8, 4) is 0 Å². The fourth-order valence-corrected chi connectivity index (χ4v) is 2.13. The van der Waals surface area contributed by atoms with Gasteiger partial charge >= 0.3 is 0 Å². The summed E-state index contributed by atoms with van der Waals surface area (Å²) in [6.45, 7) is 6.22. The van der Waals surface area contributed by atoms with Crippen LogP contribution in [0.25, 0.3) is 0 Å². The van der Waals surface area contributed by atoms with Crippen molar-refractivity contribution in [2.45, 2.75) is 25.9 Å². The fourth-order valence-electron chi connectivity index (χ4n) is 2.13. The largest absolute Gasteiger partial charge is 0.367 e. The first-order valence-corrected chi connectivity index (χ1v) is 6.33. The molecule has 0 saturated carbocycles. The Kier molecular flexibility index (Phi) is 3.87. The van der Waals surface area contributed by atoms with Crippen LogP contribution in [-0.2, 0) is 9.53 Å². The maximum absolute atomic E-state index is 11.1. The van der Waals surface area contributed by atoms with Crippen LogP contribution in [-0.4, -0.2) is 31.7 Å². The highest BCUT2D eigenvalue weighted by Gasteiger charge is 2.24. The Bertz CT molecular complexity index is 414. The van der Waals surface area contributed by atoms with Crippen LogP contribution in [0.1, 0.15) is 25.3 Å². The Morgan fingerprint density at radius 3 is 2.61 bits per heavy atom. The molecule has 1 atom stereocenters. The highest BCUT2D eigenvalue weighted by atomic mass is 16.5. The number of nitrogens with zero attached hydrogens (tertiary/aromatic N) is 1. The summed E-state index contributed by atoms with van der Waals surface area (Å²) >= 11 is 0. The van der Waals surface area contributed by atoms with Crippen LogP contribution >= 0.6 is 0 Å². The molecular weight excluding hydrogens is 228 g/mol. The molecule has 0 radical (unpaired) electrons. The van der Waals surface area contributed by atoms with Gasteiger partial charge in [0, 0.05) is 12.2 Å². The first-order valence-electron chi connectivity index (χ1n) is 6.33. The van der Waals surface area contributed by atoms with E-state index in [1.165, 1.54) is 5.56 Å². The summed E-state index contributed by atoms with van der Waals surface area (Å²) in [5.41, 5.74) is 7.72. The highest BCUT2D eigenvalue weighted by molar-refractivity contribution is 5.79. The lowest BCUT2D eigenvalue weighted by molar-refractivity contribution is -0.130. The summed E-state index contributed by atoms with van der Waals surface area (Å²) in [5, 5.41) is 0. The third kappa shape index (κ3) is 2.82. The molecule has 1 saturated heterocycles. The number of anilines is 1. The zero-order valence-electron chi connectivity index (χ0n) is 10.9. The van der Waals surface area contributed by atoms with Crippen LogP contribution in [0.4, 0.5) is 5.69 Å². The Balaban J connectivity index is 2.09. The Labute approximate surface area is 108 Å². The quantitative estimate of drug-likeness (QED) is 0.882. The lowest BCUT2D eigenvalue weighted by atomic mass is 10.0. The van der Waals surface area contributed by atoms with E-state index in [1.54, 1.807) is 0 Å². The van der Waals surface area contributed by atoms with Crippen molar-refractivity contribution in [3.63, 3.8) is 0 Å². The van der Waals surface area contributed by atoms with Gasteiger partial charge in [-0.25, -0.2) is 0 Å². The number of hydrogen-bond donors (Lipinski definition) is 1. The number of carbonyl (C=O) groups excluding carboxylic acids is 1. The van der Waals surface area contributed by atoms with Crippen molar-refractivity contribution in [1.82, 2.24) is 0 Å². The molecule has 0 unspecified atom stereocenters. The van der Waals surface area contributed by atoms with E-state index in [0.717, 1.165) is 12.2 Å². The molecule has 0 aliphatic carbocycles. The van der Waals surface area contributed by atoms with Gasteiger partial charge in [-0.3, -0.25) is 4.79 Å². The van der Waals surface area contributed by atoms with Crippen LogP contribution in [0.2, 0.25) is 0 Å². The number of nitrogens with two attached hydrogens (primary N) is 1. The molecule has 18 heavy (non-hydrogen) atoms. The van der Waals surface area contributed by atoms with Crippen LogP contribution in [0.5, 0.6) is 0 Å². The lowest BCUT2D eigenvalue weighted by Crippen LogP contribution is -2.48. The number of rotatable bonds is 3. The van der Waals surface area contributed by atoms with E-state index in [1.807, 2.05) is 0 Å². The van der Waals surface area contributed by atoms with Crippen LogP contribution in [0.15, 0.2) is 24.3 Å². The molecule has 1 fully saturated rings. The average Bonchev–Trinajstić information content (AvgIpc) is 2.39. The van der Waals surface area contributed by atoms with Gasteiger partial charge in [-0.2, -0.15) is 0 Å². The molecule has 1 aliphatic heterocycles. The van der Waals surface area contributed by atoms with Gasteiger partial charge < -0.3 is 15.4 Å². The molecular formula is C14H20N2O2. The second kappa shape index (κ2) is 5.40. The summed E-state index contributed by atoms with van der Waals surface area (Å²) in [7, 11) is 0. The number of amides is 1. The standard InChI is InChI=1S/C14H20N2O2/c1-10(2)11-3-5-12(6-4-11)16-7-8-18-13(9-16)14(15)17/h3-6,10,13H,7-9H2,1-2H3,(H2,15,17)/t13-/m1/s1. The summed E-state index contributed by atoms with van der Waals surface area (Å²) in [6, 6.07) is 8.46. The molecule has 1 aromatic rings. The van der Waals surface area contributed by atoms with Gasteiger partial charge in [-0.1, -0.05) is 26.0 Å². The lowest BCUT2D eigenvalue weighted by Gasteiger charge is -2.33. The molecule has 4 nitrogen and oxygen atoms in total. The molecule has 0 spiro atoms. The van der Waals surface area contributed by atoms with Crippen LogP contribution < -0.4 is 10.6 Å². The molecule has 1 amide bonds. The van der Waals surface area contributed by atoms with Crippen molar-refractivity contribution in [2.24, 2.45) is 5.73 Å². The SMILES string of the molecule is CC(C)c1ccc(N2CCO[C@@H](C(N)=O)C2)cc1. The van der Waals surface area contributed by atoms with E-state index in [0.29, 0.717) is 19.1 Å². The maximum Gasteiger partial charge on any atom is 0.248 e. The zero-order chi connectivity index (χ0) is 13.1. The maximum atomic E-state index is 11.1. The summed E-state index contributed by atoms with van der Waals surface area (Å²) in [6.07, 6.45) is -0.497. The predicted octanol–water partition coefficient (Wildman–Crippen LogP) is 1.50. The number of hydrogen-bond acceptors (Lipinski definition) is 3. The van der Waals surface area contributed by atoms with Gasteiger partial charge in [0.1, 0.15) is 0 Å². The summed E-state index contributed by atoms with van der Waals surface area (Å²) in [4.78, 5) is 13.3. The molecule has 0 aromatic heterocycles. The molecule has 4 heteroatoms. The Hall–Kier alpha value is -1.55. The zero-order valence-corrected chi connectivity index (χ0v) is 10.9. The van der Waals surface area contributed by atoms with Crippen LogP contribution in [0.3, 0.4) is 0 Å². The van der Waals surface area contributed by atoms with E-state index in [4.69, 9.17) is 10.5 Å². The average molecular weight is 248 g/mol. The van der Waals surface area contributed by atoms with E-state index >= 15 is 0 Å². The molecule has 98 valence electrons. The minimum Gasteiger partial charge on any atom is -0.367 e. The minimum atomic E-state index is -0.497. The van der Waals surface area contributed by atoms with E-state index in [9.17, 15) is 4.79 Å². The summed E-state index contributed by atoms with van der Waals surface area (Å²) < 4.78 is 5.34. The van der Waals surface area contributed by atoms with Crippen molar-refractivity contribution >= 4 is 11.6 Å². The molecule has 0 bridgehead atoms. The van der Waals surface area contributed by atoms with Gasteiger partial charge in [0.2, 0.25) is 5.91 Å². The Morgan fingerprint density at radius 2 is 2.06 bits per heavy atom. The minimum absolute atomic E-state index is 0.390. The molecule has 1 aliphatic rings. The first-order chi connectivity index (χ1) is 8.58. The molecule has 2 N–H and O–H groups in total. The number of morpholine rings is 1. The van der Waals surface area contributed by atoms with Gasteiger partial charge in [0.05, 0.1) is 13.2 Å². The van der Waals surface area contributed by atoms with E-state index < -0.39 is 12.0 Å². The summed E-state index contributed by atoms with van der Waals surface area (Å²) in [5.74, 6) is 0.139. The van der Waals surface area contributed by atoms with Gasteiger partial charge in [-0.15, -0.1) is 0 Å². The highest BCUT2D eigenvalue weighted by Crippen LogP contribution is 2.21. The predicted molar refractivity (Wildman–Crippen MR) is 71.7 cm³/mol. The molecule has 1 heterocycles. The fraction of sp³-hybridized carbons (Fsp3) is 0.500. The van der Waals surface area contributed by atoms with Crippen molar-refractivity contribution < 1.29 is 9.53 Å². The molecule has 2 rings (SSSR count). The van der Waals surface area contributed by atoms with Crippen molar-refractivity contribution in [1.29, 1.82) is 0 Å². The first kappa shape index (κ1) is 12.9. The topological polar surface area (TPSA) is 55.6 Å². The van der Waals surface area contributed by atoms with Crippen molar-refractivity contribution in [2.75, 3.05) is 24.6 Å². The number of carbonyl (C=O) groups is 1. The third-order valence-electron chi connectivity index (χ3n) is 3.31. The van der Waals surface area contributed by atoms with E-state index in [2.05, 4.69) is 43.0 Å². The second-order valence-corrected chi connectivity index (χ2v) is 4.95. The monoisotopic (exact) mass is 248 g/mol. The van der Waals surface area contributed by atoms with E-state index in [-0.39, 0.29) is 0 Å². The smallest absolute Gasteiger partial charge is 0.248 e. The van der Waals surface area contributed by atoms with Gasteiger partial charge in [0.25, 0.3) is 0 Å². The number of primary amides is 1. The van der Waals surface area contributed by atoms with Crippen molar-refractivity contribution in [3.05, 3.63) is 29.8 Å². The van der Waals surface area contributed by atoms with Gasteiger partial charge in [0.15, 0.2) is 6.10 Å². The number of benzene rings is 1.